The third kappa shape index (κ3) is 4.75. The predicted molar refractivity (Wildman–Crippen MR) is 114 cm³/mol. The van der Waals surface area contributed by atoms with Crippen LogP contribution in [0.1, 0.15) is 11.1 Å². The Morgan fingerprint density at radius 3 is 2.30 bits per heavy atom. The predicted octanol–water partition coefficient (Wildman–Crippen LogP) is 6.04. The second-order valence-electron chi connectivity index (χ2n) is 6.37. The average Bonchev–Trinajstić information content (AvgIpc) is 2.79. The minimum absolute atomic E-state index is 0.0704. The maximum absolute atomic E-state index is 9.27. The standard InChI is InChI=1S/C24H16ClN3O2/c25-23-14-20(19-9-5-2-6-10-19)27-24(28-23)30-22-13-18(15-26)11-12-21(22)29-16-17-7-3-1-4-8-17/h1-14H,16H2. The van der Waals surface area contributed by atoms with Crippen molar-refractivity contribution in [3.8, 4) is 34.8 Å². The lowest BCUT2D eigenvalue weighted by Crippen LogP contribution is -2.00. The summed E-state index contributed by atoms with van der Waals surface area (Å²) < 4.78 is 11.8. The molecule has 0 atom stereocenters. The molecule has 3 aromatic carbocycles. The number of halogens is 1. The molecule has 146 valence electrons. The van der Waals surface area contributed by atoms with E-state index in [-0.39, 0.29) is 11.2 Å². The van der Waals surface area contributed by atoms with Gasteiger partial charge in [-0.15, -0.1) is 0 Å². The van der Waals surface area contributed by atoms with Gasteiger partial charge in [-0.1, -0.05) is 72.3 Å². The molecule has 0 fully saturated rings. The third-order valence-corrected chi connectivity index (χ3v) is 4.45. The van der Waals surface area contributed by atoms with Gasteiger partial charge in [-0.25, -0.2) is 0 Å². The maximum Gasteiger partial charge on any atom is 0.324 e. The fourth-order valence-corrected chi connectivity index (χ4v) is 2.99. The van der Waals surface area contributed by atoms with Gasteiger partial charge >= 0.3 is 6.01 Å². The minimum atomic E-state index is 0.0704. The number of nitriles is 1. The Balaban J connectivity index is 1.63. The summed E-state index contributed by atoms with van der Waals surface area (Å²) >= 11 is 6.19. The van der Waals surface area contributed by atoms with Crippen LogP contribution in [0.15, 0.2) is 84.9 Å². The molecule has 4 aromatic rings. The summed E-state index contributed by atoms with van der Waals surface area (Å²) in [6.07, 6.45) is 0. The van der Waals surface area contributed by atoms with E-state index in [1.54, 1.807) is 24.3 Å². The van der Waals surface area contributed by atoms with Gasteiger partial charge in [-0.05, 0) is 17.7 Å². The lowest BCUT2D eigenvalue weighted by atomic mass is 10.1. The van der Waals surface area contributed by atoms with Crippen LogP contribution in [0.4, 0.5) is 0 Å². The molecule has 1 aromatic heterocycles. The van der Waals surface area contributed by atoms with E-state index < -0.39 is 0 Å². The van der Waals surface area contributed by atoms with Crippen molar-refractivity contribution in [2.75, 3.05) is 0 Å². The highest BCUT2D eigenvalue weighted by Crippen LogP contribution is 2.33. The summed E-state index contributed by atoms with van der Waals surface area (Å²) in [6.45, 7) is 0.356. The Bertz CT molecular complexity index is 1190. The second-order valence-corrected chi connectivity index (χ2v) is 6.76. The summed E-state index contributed by atoms with van der Waals surface area (Å²) in [6, 6.07) is 28.2. The number of rotatable bonds is 6. The average molecular weight is 414 g/mol. The first-order valence-corrected chi connectivity index (χ1v) is 9.58. The normalized spacial score (nSPS) is 10.3. The van der Waals surface area contributed by atoms with Gasteiger partial charge in [0.15, 0.2) is 11.5 Å². The molecule has 0 bridgehead atoms. The summed E-state index contributed by atoms with van der Waals surface area (Å²) in [7, 11) is 0. The van der Waals surface area contributed by atoms with E-state index in [0.29, 0.717) is 29.4 Å². The van der Waals surface area contributed by atoms with Crippen molar-refractivity contribution in [1.82, 2.24) is 9.97 Å². The summed E-state index contributed by atoms with van der Waals surface area (Å²) in [5, 5.41) is 9.52. The van der Waals surface area contributed by atoms with Crippen LogP contribution >= 0.6 is 11.6 Å². The molecule has 6 heteroatoms. The molecule has 30 heavy (non-hydrogen) atoms. The van der Waals surface area contributed by atoms with Gasteiger partial charge in [0.25, 0.3) is 0 Å². The first kappa shape index (κ1) is 19.4. The number of hydrogen-bond acceptors (Lipinski definition) is 5. The molecule has 5 nitrogen and oxygen atoms in total. The van der Waals surface area contributed by atoms with Crippen molar-refractivity contribution in [3.63, 3.8) is 0 Å². The Kier molecular flexibility index (Phi) is 5.88. The molecule has 0 aliphatic rings. The van der Waals surface area contributed by atoms with Crippen molar-refractivity contribution in [2.24, 2.45) is 0 Å². The molecule has 0 radical (unpaired) electrons. The fourth-order valence-electron chi connectivity index (χ4n) is 2.81. The van der Waals surface area contributed by atoms with Crippen molar-refractivity contribution >= 4 is 11.6 Å². The zero-order valence-electron chi connectivity index (χ0n) is 15.8. The number of nitrogens with zero attached hydrogens (tertiary/aromatic N) is 3. The van der Waals surface area contributed by atoms with Crippen LogP contribution in [0.2, 0.25) is 5.15 Å². The van der Waals surface area contributed by atoms with E-state index in [4.69, 9.17) is 21.1 Å². The van der Waals surface area contributed by atoms with Gasteiger partial charge in [0.05, 0.1) is 17.3 Å². The number of benzene rings is 3. The van der Waals surface area contributed by atoms with Gasteiger partial charge in [-0.3, -0.25) is 0 Å². The molecular weight excluding hydrogens is 398 g/mol. The molecule has 0 saturated heterocycles. The Labute approximate surface area is 179 Å². The number of hydrogen-bond donors (Lipinski definition) is 0. The van der Waals surface area contributed by atoms with E-state index in [9.17, 15) is 5.26 Å². The minimum Gasteiger partial charge on any atom is -0.485 e. The van der Waals surface area contributed by atoms with E-state index in [0.717, 1.165) is 11.1 Å². The van der Waals surface area contributed by atoms with Crippen LogP contribution < -0.4 is 9.47 Å². The maximum atomic E-state index is 9.27. The Morgan fingerprint density at radius 2 is 1.57 bits per heavy atom. The van der Waals surface area contributed by atoms with Gasteiger partial charge < -0.3 is 9.47 Å². The van der Waals surface area contributed by atoms with Crippen molar-refractivity contribution < 1.29 is 9.47 Å². The molecular formula is C24H16ClN3O2. The van der Waals surface area contributed by atoms with Crippen molar-refractivity contribution in [2.45, 2.75) is 6.61 Å². The lowest BCUT2D eigenvalue weighted by molar-refractivity contribution is 0.289. The SMILES string of the molecule is N#Cc1ccc(OCc2ccccc2)c(Oc2nc(Cl)cc(-c3ccccc3)n2)c1. The number of ether oxygens (including phenoxy) is 2. The molecule has 0 N–H and O–H groups in total. The highest BCUT2D eigenvalue weighted by molar-refractivity contribution is 6.29. The topological polar surface area (TPSA) is 68.0 Å². The van der Waals surface area contributed by atoms with Crippen LogP contribution in [0.3, 0.4) is 0 Å². The molecule has 0 aliphatic carbocycles. The van der Waals surface area contributed by atoms with Crippen LogP contribution in [-0.2, 0) is 6.61 Å². The van der Waals surface area contributed by atoms with Crippen LogP contribution in [0.5, 0.6) is 17.5 Å². The molecule has 0 saturated carbocycles. The Morgan fingerprint density at radius 1 is 0.833 bits per heavy atom. The van der Waals surface area contributed by atoms with E-state index in [2.05, 4.69) is 16.0 Å². The largest absolute Gasteiger partial charge is 0.485 e. The highest BCUT2D eigenvalue weighted by Gasteiger charge is 2.13. The van der Waals surface area contributed by atoms with Gasteiger partial charge in [0, 0.05) is 17.7 Å². The number of aromatic nitrogens is 2. The first-order chi connectivity index (χ1) is 14.7. The third-order valence-electron chi connectivity index (χ3n) is 4.26. The summed E-state index contributed by atoms with van der Waals surface area (Å²) in [4.78, 5) is 8.62. The Hall–Kier alpha value is -3.88. The smallest absolute Gasteiger partial charge is 0.324 e. The van der Waals surface area contributed by atoms with Gasteiger partial charge in [0.2, 0.25) is 0 Å². The van der Waals surface area contributed by atoms with Crippen LogP contribution in [-0.4, -0.2) is 9.97 Å². The highest BCUT2D eigenvalue weighted by atomic mass is 35.5. The van der Waals surface area contributed by atoms with Gasteiger partial charge in [-0.2, -0.15) is 15.2 Å². The zero-order chi connectivity index (χ0) is 20.8. The molecule has 1 heterocycles. The lowest BCUT2D eigenvalue weighted by Gasteiger charge is -2.13. The molecule has 0 aliphatic heterocycles. The fraction of sp³-hybridized carbons (Fsp3) is 0.0417. The summed E-state index contributed by atoms with van der Waals surface area (Å²) in [5.41, 5.74) is 2.97. The quantitative estimate of drug-likeness (QED) is 0.360. The molecule has 0 spiro atoms. The van der Waals surface area contributed by atoms with Crippen LogP contribution in [0, 0.1) is 11.3 Å². The molecule has 0 amide bonds. The molecule has 0 unspecified atom stereocenters. The van der Waals surface area contributed by atoms with E-state index >= 15 is 0 Å². The second kappa shape index (κ2) is 9.08. The first-order valence-electron chi connectivity index (χ1n) is 9.20. The summed E-state index contributed by atoms with van der Waals surface area (Å²) in [5.74, 6) is 0.814. The zero-order valence-corrected chi connectivity index (χ0v) is 16.6. The molecule has 4 rings (SSSR count). The monoisotopic (exact) mass is 413 g/mol. The van der Waals surface area contributed by atoms with Crippen LogP contribution in [0.25, 0.3) is 11.3 Å². The van der Waals surface area contributed by atoms with Gasteiger partial charge in [0.1, 0.15) is 11.8 Å². The van der Waals surface area contributed by atoms with E-state index in [1.807, 2.05) is 60.7 Å². The van der Waals surface area contributed by atoms with Crippen molar-refractivity contribution in [3.05, 3.63) is 101 Å². The van der Waals surface area contributed by atoms with Crippen molar-refractivity contribution in [1.29, 1.82) is 5.26 Å². The van der Waals surface area contributed by atoms with E-state index in [1.165, 1.54) is 0 Å².